The molecule has 0 aromatic heterocycles. The van der Waals surface area contributed by atoms with E-state index in [9.17, 15) is 5.11 Å². The number of benzene rings is 1. The zero-order valence-electron chi connectivity index (χ0n) is 11.2. The summed E-state index contributed by atoms with van der Waals surface area (Å²) in [5.41, 5.74) is 0.970. The first-order chi connectivity index (χ1) is 8.65. The molecule has 2 heteroatoms. The highest BCUT2D eigenvalue weighted by Gasteiger charge is 2.48. The Hall–Kier alpha value is -1.02. The van der Waals surface area contributed by atoms with Crippen molar-refractivity contribution in [1.29, 1.82) is 0 Å². The molecule has 0 bridgehead atoms. The fourth-order valence-electron chi connectivity index (χ4n) is 3.36. The fourth-order valence-corrected chi connectivity index (χ4v) is 3.36. The average molecular weight is 246 g/mol. The molecule has 2 aliphatic carbocycles. The Bertz CT molecular complexity index is 417. The first kappa shape index (κ1) is 12.0. The standard InChI is InChI=1S/C16H22O2/c1-10(2)18-15-6-4-3-5-14(15)16(17)13-8-11-7-12(11)9-13/h3-6,10-13,16-17H,7-9H2,1-2H3. The van der Waals surface area contributed by atoms with E-state index in [1.165, 1.54) is 19.3 Å². The molecular formula is C16H22O2. The molecule has 3 unspecified atom stereocenters. The van der Waals surface area contributed by atoms with E-state index in [2.05, 4.69) is 0 Å². The molecule has 18 heavy (non-hydrogen) atoms. The highest BCUT2D eigenvalue weighted by atomic mass is 16.5. The number of ether oxygens (including phenoxy) is 1. The smallest absolute Gasteiger partial charge is 0.125 e. The minimum atomic E-state index is -0.354. The van der Waals surface area contributed by atoms with Crippen molar-refractivity contribution in [2.24, 2.45) is 17.8 Å². The second-order valence-electron chi connectivity index (χ2n) is 6.14. The lowest BCUT2D eigenvalue weighted by Gasteiger charge is -2.23. The van der Waals surface area contributed by atoms with Gasteiger partial charge in [0.05, 0.1) is 12.2 Å². The van der Waals surface area contributed by atoms with Gasteiger partial charge in [-0.15, -0.1) is 0 Å². The van der Waals surface area contributed by atoms with Crippen LogP contribution in [0.4, 0.5) is 0 Å². The Balaban J connectivity index is 1.77. The Morgan fingerprint density at radius 2 is 1.78 bits per heavy atom. The normalized spacial score (nSPS) is 31.2. The van der Waals surface area contributed by atoms with Gasteiger partial charge in [0.15, 0.2) is 0 Å². The van der Waals surface area contributed by atoms with E-state index in [0.717, 1.165) is 23.1 Å². The van der Waals surface area contributed by atoms with Crippen LogP contribution in [0.1, 0.15) is 44.8 Å². The summed E-state index contributed by atoms with van der Waals surface area (Å²) in [7, 11) is 0. The van der Waals surface area contributed by atoms with Gasteiger partial charge in [-0.2, -0.15) is 0 Å². The van der Waals surface area contributed by atoms with E-state index in [1.807, 2.05) is 38.1 Å². The van der Waals surface area contributed by atoms with Crippen molar-refractivity contribution in [2.45, 2.75) is 45.3 Å². The molecule has 98 valence electrons. The first-order valence-electron chi connectivity index (χ1n) is 7.08. The van der Waals surface area contributed by atoms with Crippen molar-refractivity contribution in [3.05, 3.63) is 29.8 Å². The lowest BCUT2D eigenvalue weighted by Crippen LogP contribution is -2.14. The van der Waals surface area contributed by atoms with Crippen LogP contribution in [-0.4, -0.2) is 11.2 Å². The Morgan fingerprint density at radius 3 is 2.44 bits per heavy atom. The summed E-state index contributed by atoms with van der Waals surface area (Å²) >= 11 is 0. The van der Waals surface area contributed by atoms with Crippen molar-refractivity contribution in [1.82, 2.24) is 0 Å². The summed E-state index contributed by atoms with van der Waals surface area (Å²) in [6.45, 7) is 4.04. The van der Waals surface area contributed by atoms with Gasteiger partial charge in [-0.3, -0.25) is 0 Å². The molecule has 2 aliphatic rings. The number of para-hydroxylation sites is 1. The molecule has 0 radical (unpaired) electrons. The fraction of sp³-hybridized carbons (Fsp3) is 0.625. The van der Waals surface area contributed by atoms with E-state index in [0.29, 0.717) is 5.92 Å². The maximum Gasteiger partial charge on any atom is 0.125 e. The SMILES string of the molecule is CC(C)Oc1ccccc1C(O)C1CC2CC2C1. The van der Waals surface area contributed by atoms with Crippen molar-refractivity contribution >= 4 is 0 Å². The molecule has 1 aromatic rings. The number of aliphatic hydroxyl groups excluding tert-OH is 1. The zero-order valence-corrected chi connectivity index (χ0v) is 11.2. The zero-order chi connectivity index (χ0) is 12.7. The van der Waals surface area contributed by atoms with Crippen molar-refractivity contribution < 1.29 is 9.84 Å². The van der Waals surface area contributed by atoms with Gasteiger partial charge in [0.2, 0.25) is 0 Å². The molecule has 2 saturated carbocycles. The van der Waals surface area contributed by atoms with Crippen molar-refractivity contribution in [3.63, 3.8) is 0 Å². The van der Waals surface area contributed by atoms with Crippen LogP contribution < -0.4 is 4.74 Å². The number of hydrogen-bond acceptors (Lipinski definition) is 2. The quantitative estimate of drug-likeness (QED) is 0.880. The van der Waals surface area contributed by atoms with E-state index in [-0.39, 0.29) is 12.2 Å². The lowest BCUT2D eigenvalue weighted by molar-refractivity contribution is 0.0987. The minimum Gasteiger partial charge on any atom is -0.491 e. The topological polar surface area (TPSA) is 29.5 Å². The Morgan fingerprint density at radius 1 is 1.11 bits per heavy atom. The molecule has 0 heterocycles. The Kier molecular flexibility index (Phi) is 3.06. The van der Waals surface area contributed by atoms with Gasteiger partial charge < -0.3 is 9.84 Å². The summed E-state index contributed by atoms with van der Waals surface area (Å²) in [4.78, 5) is 0. The summed E-state index contributed by atoms with van der Waals surface area (Å²) in [5.74, 6) is 3.09. The van der Waals surface area contributed by atoms with Gasteiger partial charge >= 0.3 is 0 Å². The predicted molar refractivity (Wildman–Crippen MR) is 71.5 cm³/mol. The number of hydrogen-bond donors (Lipinski definition) is 1. The Labute approximate surface area is 109 Å². The molecule has 0 amide bonds. The highest BCUT2D eigenvalue weighted by Crippen LogP contribution is 2.57. The van der Waals surface area contributed by atoms with E-state index in [1.54, 1.807) is 0 Å². The summed E-state index contributed by atoms with van der Waals surface area (Å²) < 4.78 is 5.80. The monoisotopic (exact) mass is 246 g/mol. The maximum absolute atomic E-state index is 10.6. The van der Waals surface area contributed by atoms with Gasteiger partial charge in [-0.05, 0) is 56.9 Å². The van der Waals surface area contributed by atoms with E-state index < -0.39 is 0 Å². The van der Waals surface area contributed by atoms with Gasteiger partial charge in [0, 0.05) is 5.56 Å². The van der Waals surface area contributed by atoms with Crippen LogP contribution in [0, 0.1) is 17.8 Å². The molecule has 3 atom stereocenters. The summed E-state index contributed by atoms with van der Waals surface area (Å²) in [6.07, 6.45) is 3.58. The molecule has 0 aliphatic heterocycles. The second kappa shape index (κ2) is 4.58. The largest absolute Gasteiger partial charge is 0.491 e. The van der Waals surface area contributed by atoms with Crippen LogP contribution in [0.5, 0.6) is 5.75 Å². The van der Waals surface area contributed by atoms with Crippen LogP contribution in [0.25, 0.3) is 0 Å². The summed E-state index contributed by atoms with van der Waals surface area (Å²) in [5, 5.41) is 10.6. The van der Waals surface area contributed by atoms with Crippen LogP contribution in [0.3, 0.4) is 0 Å². The predicted octanol–water partition coefficient (Wildman–Crippen LogP) is 3.55. The lowest BCUT2D eigenvalue weighted by atomic mass is 9.91. The van der Waals surface area contributed by atoms with Crippen LogP contribution in [0.15, 0.2) is 24.3 Å². The van der Waals surface area contributed by atoms with Gasteiger partial charge in [0.25, 0.3) is 0 Å². The maximum atomic E-state index is 10.6. The minimum absolute atomic E-state index is 0.148. The molecule has 1 N–H and O–H groups in total. The van der Waals surface area contributed by atoms with E-state index in [4.69, 9.17) is 4.74 Å². The van der Waals surface area contributed by atoms with Gasteiger partial charge in [-0.25, -0.2) is 0 Å². The van der Waals surface area contributed by atoms with Crippen LogP contribution in [0.2, 0.25) is 0 Å². The average Bonchev–Trinajstić information content (AvgIpc) is 2.95. The molecule has 0 saturated heterocycles. The molecule has 3 rings (SSSR count). The van der Waals surface area contributed by atoms with Gasteiger partial charge in [-0.1, -0.05) is 18.2 Å². The molecule has 0 spiro atoms. The number of aliphatic hydroxyl groups is 1. The summed E-state index contributed by atoms with van der Waals surface area (Å²) in [6, 6.07) is 7.93. The van der Waals surface area contributed by atoms with Crippen molar-refractivity contribution in [2.75, 3.05) is 0 Å². The van der Waals surface area contributed by atoms with Crippen LogP contribution in [-0.2, 0) is 0 Å². The van der Waals surface area contributed by atoms with Crippen molar-refractivity contribution in [3.8, 4) is 5.75 Å². The number of rotatable bonds is 4. The third-order valence-corrected chi connectivity index (χ3v) is 4.33. The molecule has 2 fully saturated rings. The van der Waals surface area contributed by atoms with Gasteiger partial charge in [0.1, 0.15) is 5.75 Å². The van der Waals surface area contributed by atoms with E-state index >= 15 is 0 Å². The molecule has 2 nitrogen and oxygen atoms in total. The van der Waals surface area contributed by atoms with Crippen LogP contribution >= 0.6 is 0 Å². The molecule has 1 aromatic carbocycles. The third kappa shape index (κ3) is 2.26. The molecular weight excluding hydrogens is 224 g/mol. The first-order valence-corrected chi connectivity index (χ1v) is 7.08. The third-order valence-electron chi connectivity index (χ3n) is 4.33. The highest BCUT2D eigenvalue weighted by molar-refractivity contribution is 5.36. The number of fused-ring (bicyclic) bond motifs is 1. The second-order valence-corrected chi connectivity index (χ2v) is 6.14.